The van der Waals surface area contributed by atoms with E-state index in [1.54, 1.807) is 0 Å². The van der Waals surface area contributed by atoms with Crippen molar-refractivity contribution in [3.05, 3.63) is 35.4 Å². The summed E-state index contributed by atoms with van der Waals surface area (Å²) in [5.74, 6) is 1.26. The molecule has 0 aromatic heterocycles. The molecule has 5 nitrogen and oxygen atoms in total. The fourth-order valence-corrected chi connectivity index (χ4v) is 3.88. The van der Waals surface area contributed by atoms with E-state index in [1.807, 2.05) is 4.90 Å². The van der Waals surface area contributed by atoms with Crippen LogP contribution in [0.1, 0.15) is 58.6 Å². The van der Waals surface area contributed by atoms with Crippen LogP contribution in [0.5, 0.6) is 0 Å². The number of carbonyl (C=O) groups is 1. The monoisotopic (exact) mass is 498 g/mol. The van der Waals surface area contributed by atoms with E-state index in [0.717, 1.165) is 32.0 Å². The molecular weight excluding hydrogens is 463 g/mol. The van der Waals surface area contributed by atoms with Crippen molar-refractivity contribution in [1.82, 2.24) is 15.1 Å². The summed E-state index contributed by atoms with van der Waals surface area (Å²) in [6, 6.07) is 8.48. The maximum Gasteiger partial charge on any atom is 0.222 e. The van der Waals surface area contributed by atoms with Crippen LogP contribution in [0, 0.1) is 5.41 Å². The zero-order valence-corrected chi connectivity index (χ0v) is 20.2. The van der Waals surface area contributed by atoms with Crippen LogP contribution in [0.15, 0.2) is 29.3 Å². The third kappa shape index (κ3) is 4.63. The van der Waals surface area contributed by atoms with Gasteiger partial charge in [0.05, 0.1) is 6.54 Å². The van der Waals surface area contributed by atoms with Crippen LogP contribution in [-0.4, -0.2) is 46.8 Å². The highest BCUT2D eigenvalue weighted by Gasteiger charge is 2.53. The number of benzene rings is 1. The van der Waals surface area contributed by atoms with Gasteiger partial charge < -0.3 is 15.1 Å². The lowest BCUT2D eigenvalue weighted by Crippen LogP contribution is -2.72. The second-order valence-corrected chi connectivity index (χ2v) is 8.94. The molecule has 2 aliphatic rings. The fraction of sp³-hybridized carbons (Fsp3) is 0.636. The smallest absolute Gasteiger partial charge is 0.222 e. The number of hydrogen-bond acceptors (Lipinski definition) is 2. The van der Waals surface area contributed by atoms with Gasteiger partial charge in [0, 0.05) is 43.6 Å². The summed E-state index contributed by atoms with van der Waals surface area (Å²) in [5.41, 5.74) is 2.75. The lowest BCUT2D eigenvalue weighted by atomic mass is 9.65. The molecule has 0 aliphatic carbocycles. The van der Waals surface area contributed by atoms with Gasteiger partial charge in [-0.2, -0.15) is 0 Å². The number of likely N-dealkylation sites (tertiary alicyclic amines) is 2. The normalized spacial score (nSPS) is 20.6. The molecule has 6 heteroatoms. The Morgan fingerprint density at radius 3 is 2.50 bits per heavy atom. The molecule has 3 rings (SSSR count). The summed E-state index contributed by atoms with van der Waals surface area (Å²) < 4.78 is 0. The maximum absolute atomic E-state index is 11.9. The number of aliphatic imine (C=N–C) groups is 1. The molecule has 1 aromatic rings. The highest BCUT2D eigenvalue weighted by molar-refractivity contribution is 14.0. The average molecular weight is 498 g/mol. The van der Waals surface area contributed by atoms with E-state index < -0.39 is 0 Å². The first-order valence-corrected chi connectivity index (χ1v) is 10.2. The molecule has 156 valence electrons. The van der Waals surface area contributed by atoms with E-state index in [4.69, 9.17) is 4.99 Å². The summed E-state index contributed by atoms with van der Waals surface area (Å²) in [5, 5.41) is 3.45. The summed E-state index contributed by atoms with van der Waals surface area (Å²) >= 11 is 0. The van der Waals surface area contributed by atoms with Gasteiger partial charge in [0.2, 0.25) is 5.91 Å². The fourth-order valence-electron chi connectivity index (χ4n) is 3.88. The van der Waals surface area contributed by atoms with Gasteiger partial charge in [0.1, 0.15) is 0 Å². The minimum atomic E-state index is 0. The molecule has 2 heterocycles. The first kappa shape index (κ1) is 23.0. The first-order chi connectivity index (χ1) is 12.7. The van der Waals surface area contributed by atoms with Crippen molar-refractivity contribution in [2.75, 3.05) is 19.6 Å². The van der Waals surface area contributed by atoms with Gasteiger partial charge in [0.15, 0.2) is 5.96 Å². The molecule has 1 N–H and O–H groups in total. The number of hydrogen-bond donors (Lipinski definition) is 1. The van der Waals surface area contributed by atoms with Crippen LogP contribution >= 0.6 is 24.0 Å². The average Bonchev–Trinajstić information content (AvgIpc) is 3.02. The molecule has 0 atom stereocenters. The number of rotatable bonds is 5. The summed E-state index contributed by atoms with van der Waals surface area (Å²) in [6.45, 7) is 15.4. The maximum atomic E-state index is 11.9. The zero-order valence-electron chi connectivity index (χ0n) is 17.9. The molecule has 0 unspecified atom stereocenters. The molecule has 28 heavy (non-hydrogen) atoms. The molecule has 1 amide bonds. The predicted molar refractivity (Wildman–Crippen MR) is 126 cm³/mol. The van der Waals surface area contributed by atoms with Crippen LogP contribution in [-0.2, 0) is 17.9 Å². The summed E-state index contributed by atoms with van der Waals surface area (Å²) in [6.07, 6.45) is 1.68. The SMILES string of the molecule is CCNC(=NCc1cccc(CN2CCCC2=O)c1)N1CC(C)(C)C1(C)C.I. The van der Waals surface area contributed by atoms with Crippen LogP contribution in [0.2, 0.25) is 0 Å². The minimum Gasteiger partial charge on any atom is -0.356 e. The van der Waals surface area contributed by atoms with E-state index in [2.05, 4.69) is 69.1 Å². The number of nitrogens with one attached hydrogen (secondary N) is 1. The van der Waals surface area contributed by atoms with Crippen LogP contribution in [0.3, 0.4) is 0 Å². The van der Waals surface area contributed by atoms with Gasteiger partial charge in [-0.1, -0.05) is 38.1 Å². The van der Waals surface area contributed by atoms with Crippen molar-refractivity contribution in [2.24, 2.45) is 10.4 Å². The van der Waals surface area contributed by atoms with Crippen molar-refractivity contribution in [3.63, 3.8) is 0 Å². The zero-order chi connectivity index (χ0) is 19.7. The van der Waals surface area contributed by atoms with E-state index in [-0.39, 0.29) is 40.8 Å². The van der Waals surface area contributed by atoms with Gasteiger partial charge in [-0.25, -0.2) is 4.99 Å². The predicted octanol–water partition coefficient (Wildman–Crippen LogP) is 4.01. The van der Waals surface area contributed by atoms with Crippen LogP contribution in [0.25, 0.3) is 0 Å². The second-order valence-electron chi connectivity index (χ2n) is 8.94. The minimum absolute atomic E-state index is 0. The molecule has 0 spiro atoms. The number of nitrogens with zero attached hydrogens (tertiary/aromatic N) is 3. The largest absolute Gasteiger partial charge is 0.356 e. The van der Waals surface area contributed by atoms with Crippen LogP contribution < -0.4 is 5.32 Å². The Bertz CT molecular complexity index is 729. The van der Waals surface area contributed by atoms with Gasteiger partial charge >= 0.3 is 0 Å². The molecule has 0 bridgehead atoms. The standard InChI is InChI=1S/C22H34N4O.HI/c1-6-23-20(26-16-21(2,3)22(26,4)5)24-14-17-9-7-10-18(13-17)15-25-12-8-11-19(25)27;/h7,9-10,13H,6,8,11-12,14-16H2,1-5H3,(H,23,24);1H. The van der Waals surface area contributed by atoms with Crippen molar-refractivity contribution < 1.29 is 4.79 Å². The Morgan fingerprint density at radius 1 is 1.21 bits per heavy atom. The Morgan fingerprint density at radius 2 is 1.93 bits per heavy atom. The topological polar surface area (TPSA) is 47.9 Å². The quantitative estimate of drug-likeness (QED) is 0.379. The summed E-state index contributed by atoms with van der Waals surface area (Å²) in [4.78, 5) is 21.1. The number of carbonyl (C=O) groups excluding carboxylic acids is 1. The lowest BCUT2D eigenvalue weighted by Gasteiger charge is -2.62. The number of guanidine groups is 1. The van der Waals surface area contributed by atoms with Crippen molar-refractivity contribution >= 4 is 35.8 Å². The first-order valence-electron chi connectivity index (χ1n) is 10.2. The second kappa shape index (κ2) is 9.01. The molecular formula is C22H35IN4O. The third-order valence-electron chi connectivity index (χ3n) is 6.42. The van der Waals surface area contributed by atoms with Crippen molar-refractivity contribution in [3.8, 4) is 0 Å². The molecule has 0 radical (unpaired) electrons. The van der Waals surface area contributed by atoms with Gasteiger partial charge in [-0.3, -0.25) is 4.79 Å². The molecule has 1 aromatic carbocycles. The number of halogens is 1. The van der Waals surface area contributed by atoms with Gasteiger partial charge in [0.25, 0.3) is 0 Å². The molecule has 2 saturated heterocycles. The number of amides is 1. The molecule has 2 aliphatic heterocycles. The van der Waals surface area contributed by atoms with Crippen molar-refractivity contribution in [2.45, 2.75) is 66.1 Å². The van der Waals surface area contributed by atoms with E-state index >= 15 is 0 Å². The van der Waals surface area contributed by atoms with Gasteiger partial charge in [-0.15, -0.1) is 24.0 Å². The highest BCUT2D eigenvalue weighted by Crippen LogP contribution is 2.46. The van der Waals surface area contributed by atoms with Crippen molar-refractivity contribution in [1.29, 1.82) is 0 Å². The Kier molecular flexibility index (Phi) is 7.39. The van der Waals surface area contributed by atoms with E-state index in [1.165, 1.54) is 11.1 Å². The van der Waals surface area contributed by atoms with Crippen LogP contribution in [0.4, 0.5) is 0 Å². The lowest BCUT2D eigenvalue weighted by molar-refractivity contribution is -0.128. The van der Waals surface area contributed by atoms with E-state index in [9.17, 15) is 4.79 Å². The Hall–Kier alpha value is -1.31. The highest BCUT2D eigenvalue weighted by atomic mass is 127. The summed E-state index contributed by atoms with van der Waals surface area (Å²) in [7, 11) is 0. The van der Waals surface area contributed by atoms with E-state index in [0.29, 0.717) is 19.5 Å². The molecule has 0 saturated carbocycles. The molecule has 2 fully saturated rings. The third-order valence-corrected chi connectivity index (χ3v) is 6.42. The van der Waals surface area contributed by atoms with Gasteiger partial charge in [-0.05, 0) is 38.3 Å². The Balaban J connectivity index is 0.00000280. The Labute approximate surface area is 187 Å².